The summed E-state index contributed by atoms with van der Waals surface area (Å²) in [6.07, 6.45) is 1.67. The maximum atomic E-state index is 11.1. The van der Waals surface area contributed by atoms with E-state index in [2.05, 4.69) is 16.0 Å². The molecule has 1 heterocycles. The molecular formula is C8H17N3O2. The van der Waals surface area contributed by atoms with E-state index in [0.717, 1.165) is 19.4 Å². The summed E-state index contributed by atoms with van der Waals surface area (Å²) in [5.41, 5.74) is 0. The topological polar surface area (TPSA) is 73.4 Å². The average molecular weight is 187 g/mol. The highest BCUT2D eigenvalue weighted by atomic mass is 16.3. The van der Waals surface area contributed by atoms with Crippen molar-refractivity contribution in [1.29, 1.82) is 0 Å². The van der Waals surface area contributed by atoms with Gasteiger partial charge in [0.25, 0.3) is 0 Å². The predicted molar refractivity (Wildman–Crippen MR) is 49.2 cm³/mol. The van der Waals surface area contributed by atoms with E-state index in [1.54, 1.807) is 6.92 Å². The molecule has 0 radical (unpaired) electrons. The largest absolute Gasteiger partial charge is 0.392 e. The van der Waals surface area contributed by atoms with E-state index in [4.69, 9.17) is 5.11 Å². The Labute approximate surface area is 77.9 Å². The van der Waals surface area contributed by atoms with Crippen LogP contribution in [0.4, 0.5) is 4.79 Å². The molecule has 2 atom stereocenters. The number of amides is 2. The number of rotatable bonds is 3. The van der Waals surface area contributed by atoms with Crippen molar-refractivity contribution in [3.8, 4) is 0 Å². The van der Waals surface area contributed by atoms with Crippen LogP contribution in [0.15, 0.2) is 0 Å². The lowest BCUT2D eigenvalue weighted by molar-refractivity contribution is 0.186. The lowest BCUT2D eigenvalue weighted by atomic mass is 10.3. The third-order valence-corrected chi connectivity index (χ3v) is 1.92. The third-order valence-electron chi connectivity index (χ3n) is 1.92. The van der Waals surface area contributed by atoms with Crippen LogP contribution in [0.3, 0.4) is 0 Å². The Hall–Kier alpha value is -0.810. The molecule has 5 heteroatoms. The molecule has 1 rings (SSSR count). The van der Waals surface area contributed by atoms with Gasteiger partial charge in [-0.05, 0) is 26.3 Å². The van der Waals surface area contributed by atoms with Crippen LogP contribution in [-0.2, 0) is 0 Å². The summed E-state index contributed by atoms with van der Waals surface area (Å²) in [6.45, 7) is 2.88. The van der Waals surface area contributed by atoms with Gasteiger partial charge in [-0.2, -0.15) is 0 Å². The van der Waals surface area contributed by atoms with Crippen LogP contribution in [0.5, 0.6) is 0 Å². The van der Waals surface area contributed by atoms with Crippen LogP contribution >= 0.6 is 0 Å². The van der Waals surface area contributed by atoms with Gasteiger partial charge in [-0.1, -0.05) is 0 Å². The standard InChI is InChI=1S/C8H17N3O2/c1-6(12)5-10-8(13)11-7-3-2-4-9-7/h6-7,9,12H,2-5H2,1H3,(H2,10,11,13). The van der Waals surface area contributed by atoms with Crippen molar-refractivity contribution in [1.82, 2.24) is 16.0 Å². The second kappa shape index (κ2) is 5.04. The fraction of sp³-hybridized carbons (Fsp3) is 0.875. The Balaban J connectivity index is 2.09. The van der Waals surface area contributed by atoms with Gasteiger partial charge >= 0.3 is 6.03 Å². The Bertz CT molecular complexity index is 167. The summed E-state index contributed by atoms with van der Waals surface area (Å²) in [5, 5.41) is 17.4. The van der Waals surface area contributed by atoms with Gasteiger partial charge in [0.1, 0.15) is 0 Å². The van der Waals surface area contributed by atoms with E-state index in [0.29, 0.717) is 6.54 Å². The minimum absolute atomic E-state index is 0.0917. The van der Waals surface area contributed by atoms with E-state index in [1.165, 1.54) is 0 Å². The van der Waals surface area contributed by atoms with Gasteiger partial charge in [-0.3, -0.25) is 5.32 Å². The first kappa shape index (κ1) is 10.3. The van der Waals surface area contributed by atoms with Gasteiger partial charge in [0.15, 0.2) is 0 Å². The Kier molecular flexibility index (Phi) is 3.98. The number of carbonyl (C=O) groups is 1. The van der Waals surface area contributed by atoms with Crippen molar-refractivity contribution in [2.75, 3.05) is 13.1 Å². The van der Waals surface area contributed by atoms with Gasteiger partial charge in [0.2, 0.25) is 0 Å². The summed E-state index contributed by atoms with van der Waals surface area (Å²) < 4.78 is 0. The Morgan fingerprint density at radius 3 is 3.08 bits per heavy atom. The van der Waals surface area contributed by atoms with E-state index in [9.17, 15) is 4.79 Å². The number of aliphatic hydroxyl groups is 1. The summed E-state index contributed by atoms with van der Waals surface area (Å²) >= 11 is 0. The zero-order valence-electron chi connectivity index (χ0n) is 7.84. The highest BCUT2D eigenvalue weighted by Crippen LogP contribution is 2.00. The summed E-state index contributed by atoms with van der Waals surface area (Å²) in [5.74, 6) is 0. The lowest BCUT2D eigenvalue weighted by Gasteiger charge is -2.14. The van der Waals surface area contributed by atoms with Crippen LogP contribution in [0, 0.1) is 0 Å². The maximum absolute atomic E-state index is 11.1. The molecule has 1 saturated heterocycles. The first-order valence-electron chi connectivity index (χ1n) is 4.64. The first-order valence-corrected chi connectivity index (χ1v) is 4.64. The molecule has 1 fully saturated rings. The minimum atomic E-state index is -0.498. The Morgan fingerprint density at radius 2 is 2.54 bits per heavy atom. The van der Waals surface area contributed by atoms with Crippen molar-refractivity contribution < 1.29 is 9.90 Å². The summed E-state index contributed by atoms with van der Waals surface area (Å²) in [4.78, 5) is 11.1. The second-order valence-electron chi connectivity index (χ2n) is 3.35. The molecule has 0 aromatic heterocycles. The van der Waals surface area contributed by atoms with Crippen molar-refractivity contribution in [2.45, 2.75) is 32.0 Å². The smallest absolute Gasteiger partial charge is 0.316 e. The van der Waals surface area contributed by atoms with Crippen LogP contribution in [0.2, 0.25) is 0 Å². The number of hydrogen-bond donors (Lipinski definition) is 4. The fourth-order valence-electron chi connectivity index (χ4n) is 1.26. The molecule has 13 heavy (non-hydrogen) atoms. The molecule has 5 nitrogen and oxygen atoms in total. The molecule has 1 aliphatic rings. The molecule has 2 amide bonds. The third kappa shape index (κ3) is 4.10. The SMILES string of the molecule is CC(O)CNC(=O)NC1CCCN1. The molecule has 0 aromatic carbocycles. The lowest BCUT2D eigenvalue weighted by Crippen LogP contribution is -2.47. The molecule has 0 aliphatic carbocycles. The quantitative estimate of drug-likeness (QED) is 0.475. The summed E-state index contributed by atoms with van der Waals surface area (Å²) in [7, 11) is 0. The predicted octanol–water partition coefficient (Wildman–Crippen LogP) is -0.624. The zero-order valence-corrected chi connectivity index (χ0v) is 7.84. The van der Waals surface area contributed by atoms with Gasteiger partial charge in [0.05, 0.1) is 12.3 Å². The molecule has 0 aromatic rings. The van der Waals surface area contributed by atoms with Crippen molar-refractivity contribution in [2.24, 2.45) is 0 Å². The molecule has 0 saturated carbocycles. The van der Waals surface area contributed by atoms with E-state index >= 15 is 0 Å². The number of carbonyl (C=O) groups excluding carboxylic acids is 1. The van der Waals surface area contributed by atoms with Gasteiger partial charge < -0.3 is 15.7 Å². The summed E-state index contributed by atoms with van der Waals surface area (Å²) in [6, 6.07) is -0.222. The number of urea groups is 1. The molecule has 0 spiro atoms. The monoisotopic (exact) mass is 187 g/mol. The van der Waals surface area contributed by atoms with Crippen molar-refractivity contribution >= 4 is 6.03 Å². The minimum Gasteiger partial charge on any atom is -0.392 e. The number of aliphatic hydroxyl groups excluding tert-OH is 1. The van der Waals surface area contributed by atoms with Gasteiger partial charge in [0, 0.05) is 6.54 Å². The molecule has 1 aliphatic heterocycles. The van der Waals surface area contributed by atoms with Crippen LogP contribution in [-0.4, -0.2) is 36.5 Å². The molecule has 76 valence electrons. The van der Waals surface area contributed by atoms with Crippen molar-refractivity contribution in [3.05, 3.63) is 0 Å². The normalized spacial score (nSPS) is 24.0. The van der Waals surface area contributed by atoms with Crippen LogP contribution in [0.25, 0.3) is 0 Å². The van der Waals surface area contributed by atoms with Crippen LogP contribution < -0.4 is 16.0 Å². The highest BCUT2D eigenvalue weighted by molar-refractivity contribution is 5.74. The van der Waals surface area contributed by atoms with Crippen molar-refractivity contribution in [3.63, 3.8) is 0 Å². The first-order chi connectivity index (χ1) is 6.18. The molecule has 2 unspecified atom stereocenters. The molecular weight excluding hydrogens is 170 g/mol. The zero-order chi connectivity index (χ0) is 9.68. The molecule has 0 bridgehead atoms. The maximum Gasteiger partial charge on any atom is 0.316 e. The Morgan fingerprint density at radius 1 is 1.77 bits per heavy atom. The average Bonchev–Trinajstić information content (AvgIpc) is 2.53. The molecule has 4 N–H and O–H groups in total. The number of hydrogen-bond acceptors (Lipinski definition) is 3. The second-order valence-corrected chi connectivity index (χ2v) is 3.35. The van der Waals surface area contributed by atoms with E-state index in [-0.39, 0.29) is 12.2 Å². The van der Waals surface area contributed by atoms with E-state index in [1.807, 2.05) is 0 Å². The number of nitrogens with one attached hydrogen (secondary N) is 3. The van der Waals surface area contributed by atoms with Gasteiger partial charge in [-0.15, -0.1) is 0 Å². The van der Waals surface area contributed by atoms with Crippen LogP contribution in [0.1, 0.15) is 19.8 Å². The van der Waals surface area contributed by atoms with Gasteiger partial charge in [-0.25, -0.2) is 4.79 Å². The fourth-order valence-corrected chi connectivity index (χ4v) is 1.26. The highest BCUT2D eigenvalue weighted by Gasteiger charge is 2.15. The van der Waals surface area contributed by atoms with E-state index < -0.39 is 6.10 Å².